The minimum Gasteiger partial charge on any atom is -0.480 e. The van der Waals surface area contributed by atoms with Crippen LogP contribution in [0.15, 0.2) is 24.3 Å². The van der Waals surface area contributed by atoms with E-state index in [4.69, 9.17) is 19.9 Å². The van der Waals surface area contributed by atoms with E-state index in [-0.39, 0.29) is 25.9 Å². The molecule has 8 nitrogen and oxygen atoms in total. The van der Waals surface area contributed by atoms with Crippen LogP contribution in [0, 0.1) is 0 Å². The van der Waals surface area contributed by atoms with E-state index in [1.54, 1.807) is 18.4 Å². The molecule has 0 aliphatic rings. The van der Waals surface area contributed by atoms with Gasteiger partial charge in [0.1, 0.15) is 18.2 Å². The number of nitrogens with two attached hydrogens (primary N) is 1. The highest BCUT2D eigenvalue weighted by Crippen LogP contribution is 2.50. The summed E-state index contributed by atoms with van der Waals surface area (Å²) in [5, 5.41) is 8.96. The van der Waals surface area contributed by atoms with Crippen molar-refractivity contribution in [2.24, 2.45) is 5.73 Å². The molecule has 0 fully saturated rings. The van der Waals surface area contributed by atoms with Gasteiger partial charge in [-0.2, -0.15) is 0 Å². The van der Waals surface area contributed by atoms with Crippen molar-refractivity contribution in [2.45, 2.75) is 39.0 Å². The lowest BCUT2D eigenvalue weighted by molar-refractivity contribution is -0.138. The number of hydrogen-bond donors (Lipinski definition) is 2. The third-order valence-corrected chi connectivity index (χ3v) is 5.63. The molecule has 0 spiro atoms. The van der Waals surface area contributed by atoms with E-state index >= 15 is 0 Å². The number of aliphatic carboxylic acids is 1. The lowest BCUT2D eigenvalue weighted by atomic mass is 10.1. The summed E-state index contributed by atoms with van der Waals surface area (Å²) in [6, 6.07) is 6.46. The van der Waals surface area contributed by atoms with Crippen LogP contribution in [0.5, 0.6) is 0 Å². The maximum absolute atomic E-state index is 12.9. The molecular weight excluding hydrogens is 345 g/mol. The number of nitrogens with zero attached hydrogens (tertiary/aromatic N) is 2. The standard InChI is InChI=1S/C16H24N3O5P/c1-3-23-25(22,24-4-2)11-19-14-8-6-5-7-13(14)18-15(19)10-9-12(17)16(20)21/h5-8,12H,3-4,9-11,17H2,1-2H3,(H,20,21)/t12-/m1/s1. The zero-order chi connectivity index (χ0) is 18.4. The Morgan fingerprint density at radius 3 is 2.56 bits per heavy atom. The number of carbonyl (C=O) groups is 1. The molecule has 0 aliphatic heterocycles. The first-order valence-corrected chi connectivity index (χ1v) is 9.93. The molecule has 1 aromatic carbocycles. The van der Waals surface area contributed by atoms with Crippen molar-refractivity contribution in [3.8, 4) is 0 Å². The second kappa shape index (κ2) is 8.58. The summed E-state index contributed by atoms with van der Waals surface area (Å²) in [4.78, 5) is 15.5. The van der Waals surface area contributed by atoms with Gasteiger partial charge < -0.3 is 24.5 Å². The van der Waals surface area contributed by atoms with Gasteiger partial charge in [0, 0.05) is 6.42 Å². The Kier molecular flexibility index (Phi) is 6.72. The van der Waals surface area contributed by atoms with Gasteiger partial charge in [0.05, 0.1) is 24.2 Å². The van der Waals surface area contributed by atoms with Crippen LogP contribution in [0.4, 0.5) is 0 Å². The average molecular weight is 369 g/mol. The van der Waals surface area contributed by atoms with E-state index in [9.17, 15) is 9.36 Å². The summed E-state index contributed by atoms with van der Waals surface area (Å²) in [6.45, 7) is 4.04. The van der Waals surface area contributed by atoms with Gasteiger partial charge in [-0.15, -0.1) is 0 Å². The summed E-state index contributed by atoms with van der Waals surface area (Å²) >= 11 is 0. The van der Waals surface area contributed by atoms with Gasteiger partial charge in [-0.05, 0) is 32.4 Å². The molecule has 25 heavy (non-hydrogen) atoms. The number of fused-ring (bicyclic) bond motifs is 1. The van der Waals surface area contributed by atoms with Crippen LogP contribution in [-0.4, -0.2) is 39.9 Å². The highest BCUT2D eigenvalue weighted by Gasteiger charge is 2.27. The van der Waals surface area contributed by atoms with Crippen LogP contribution in [-0.2, 0) is 31.1 Å². The van der Waals surface area contributed by atoms with Gasteiger partial charge in [0.15, 0.2) is 0 Å². The molecule has 0 saturated carbocycles. The van der Waals surface area contributed by atoms with E-state index < -0.39 is 19.6 Å². The second-order valence-electron chi connectivity index (χ2n) is 5.52. The van der Waals surface area contributed by atoms with Crippen molar-refractivity contribution < 1.29 is 23.5 Å². The first kappa shape index (κ1) is 19.6. The Hall–Kier alpha value is -1.73. The molecule has 0 aliphatic carbocycles. The minimum atomic E-state index is -3.33. The quantitative estimate of drug-likeness (QED) is 0.618. The molecule has 138 valence electrons. The van der Waals surface area contributed by atoms with Gasteiger partial charge in [0.2, 0.25) is 0 Å². The fraction of sp³-hybridized carbons (Fsp3) is 0.500. The Balaban J connectivity index is 2.36. The molecule has 0 radical (unpaired) electrons. The summed E-state index contributed by atoms with van der Waals surface area (Å²) in [5.74, 6) is -0.450. The van der Waals surface area contributed by atoms with Crippen molar-refractivity contribution in [3.63, 3.8) is 0 Å². The predicted octanol–water partition coefficient (Wildman–Crippen LogP) is 2.60. The third-order valence-electron chi connectivity index (χ3n) is 3.70. The van der Waals surface area contributed by atoms with Crippen molar-refractivity contribution in [1.29, 1.82) is 0 Å². The van der Waals surface area contributed by atoms with E-state index in [1.165, 1.54) is 0 Å². The number of carboxylic acid groups (broad SMARTS) is 1. The Bertz CT molecular complexity index is 766. The van der Waals surface area contributed by atoms with Gasteiger partial charge in [-0.25, -0.2) is 4.98 Å². The average Bonchev–Trinajstić information content (AvgIpc) is 2.90. The molecule has 2 rings (SSSR count). The number of hydrogen-bond acceptors (Lipinski definition) is 6. The molecule has 2 aromatic rings. The zero-order valence-corrected chi connectivity index (χ0v) is 15.3. The molecule has 1 aromatic heterocycles. The smallest absolute Gasteiger partial charge is 0.350 e. The SMILES string of the molecule is CCOP(=O)(Cn1c(CC[C@@H](N)C(=O)O)nc2ccccc21)OCC. The Labute approximate surface area is 146 Å². The number of imidazole rings is 1. The maximum Gasteiger partial charge on any atom is 0.350 e. The topological polar surface area (TPSA) is 117 Å². The molecule has 3 N–H and O–H groups in total. The van der Waals surface area contributed by atoms with E-state index in [2.05, 4.69) is 4.98 Å². The lowest BCUT2D eigenvalue weighted by Gasteiger charge is -2.19. The monoisotopic (exact) mass is 369 g/mol. The Morgan fingerprint density at radius 2 is 1.96 bits per heavy atom. The number of carboxylic acids is 1. The lowest BCUT2D eigenvalue weighted by Crippen LogP contribution is -2.30. The fourth-order valence-corrected chi connectivity index (χ4v) is 4.25. The van der Waals surface area contributed by atoms with Crippen LogP contribution in [0.25, 0.3) is 11.0 Å². The normalized spacial score (nSPS) is 13.2. The van der Waals surface area contributed by atoms with Crippen molar-refractivity contribution in [3.05, 3.63) is 30.1 Å². The largest absolute Gasteiger partial charge is 0.480 e. The summed E-state index contributed by atoms with van der Waals surface area (Å²) < 4.78 is 25.4. The molecule has 0 bridgehead atoms. The highest BCUT2D eigenvalue weighted by molar-refractivity contribution is 7.52. The molecule has 9 heteroatoms. The molecule has 0 saturated heterocycles. The molecular formula is C16H24N3O5P. The van der Waals surface area contributed by atoms with Crippen LogP contribution in [0.2, 0.25) is 0 Å². The third kappa shape index (κ3) is 4.89. The molecule has 1 atom stereocenters. The van der Waals surface area contributed by atoms with Crippen LogP contribution < -0.4 is 5.73 Å². The van der Waals surface area contributed by atoms with Crippen LogP contribution >= 0.6 is 7.60 Å². The number of para-hydroxylation sites is 2. The number of aryl methyl sites for hydroxylation is 1. The van der Waals surface area contributed by atoms with E-state index in [1.807, 2.05) is 24.3 Å². The molecule has 0 amide bonds. The van der Waals surface area contributed by atoms with Crippen LogP contribution in [0.3, 0.4) is 0 Å². The van der Waals surface area contributed by atoms with Gasteiger partial charge in [-0.1, -0.05) is 12.1 Å². The van der Waals surface area contributed by atoms with E-state index in [0.717, 1.165) is 11.0 Å². The summed E-state index contributed by atoms with van der Waals surface area (Å²) in [6.07, 6.45) is 0.597. The van der Waals surface area contributed by atoms with Gasteiger partial charge in [-0.3, -0.25) is 9.36 Å². The molecule has 0 unspecified atom stereocenters. The highest BCUT2D eigenvalue weighted by atomic mass is 31.2. The zero-order valence-electron chi connectivity index (χ0n) is 14.4. The van der Waals surface area contributed by atoms with E-state index in [0.29, 0.717) is 12.2 Å². The number of aromatic nitrogens is 2. The van der Waals surface area contributed by atoms with Crippen molar-refractivity contribution in [2.75, 3.05) is 13.2 Å². The predicted molar refractivity (Wildman–Crippen MR) is 94.5 cm³/mol. The number of rotatable bonds is 10. The maximum atomic E-state index is 12.9. The van der Waals surface area contributed by atoms with Crippen molar-refractivity contribution >= 4 is 24.6 Å². The first-order valence-electron chi connectivity index (χ1n) is 8.21. The minimum absolute atomic E-state index is 0.0207. The van der Waals surface area contributed by atoms with Crippen LogP contribution in [0.1, 0.15) is 26.1 Å². The fourth-order valence-electron chi connectivity index (χ4n) is 2.57. The summed E-state index contributed by atoms with van der Waals surface area (Å²) in [5.41, 5.74) is 7.12. The Morgan fingerprint density at radius 1 is 1.32 bits per heavy atom. The first-order chi connectivity index (χ1) is 11.9. The van der Waals surface area contributed by atoms with Gasteiger partial charge in [0.25, 0.3) is 0 Å². The second-order valence-corrected chi connectivity index (χ2v) is 7.54. The number of benzene rings is 1. The van der Waals surface area contributed by atoms with Gasteiger partial charge >= 0.3 is 13.6 Å². The molecule has 1 heterocycles. The van der Waals surface area contributed by atoms with Crippen molar-refractivity contribution in [1.82, 2.24) is 9.55 Å². The summed E-state index contributed by atoms with van der Waals surface area (Å²) in [7, 11) is -3.33.